The molecule has 0 amide bonds. The molecule has 9 N–H and O–H groups in total. The molecular weight excluding hydrogens is 1550 g/mol. The molecule has 636 valence electrons. The van der Waals surface area contributed by atoms with E-state index in [0.717, 1.165) is 31.6 Å². The number of benzene rings is 4. The summed E-state index contributed by atoms with van der Waals surface area (Å²) < 4.78 is 52.8. The maximum Gasteiger partial charge on any atom is 0.319 e. The maximum atomic E-state index is 14.7. The van der Waals surface area contributed by atoms with Gasteiger partial charge in [0.1, 0.15) is 51.8 Å². The molecule has 10 rings (SSSR count). The third-order valence-electron chi connectivity index (χ3n) is 20.7. The lowest BCUT2D eigenvalue weighted by atomic mass is 9.94. The average molecular weight is 1650 g/mol. The summed E-state index contributed by atoms with van der Waals surface area (Å²) in [4.78, 5) is 139. The highest BCUT2D eigenvalue weighted by molar-refractivity contribution is 6.06. The van der Waals surface area contributed by atoms with Gasteiger partial charge in [0.15, 0.2) is 0 Å². The van der Waals surface area contributed by atoms with Crippen LogP contribution in [0.4, 0.5) is 0 Å². The van der Waals surface area contributed by atoms with Gasteiger partial charge in [-0.15, -0.1) is 0 Å². The fourth-order valence-corrected chi connectivity index (χ4v) is 12.0. The van der Waals surface area contributed by atoms with Crippen molar-refractivity contribution in [1.29, 1.82) is 0 Å². The number of unbranched alkanes of at least 4 members (excludes halogenated alkanes) is 4. The molecule has 6 heterocycles. The van der Waals surface area contributed by atoms with E-state index >= 15 is 0 Å². The lowest BCUT2D eigenvalue weighted by Crippen LogP contribution is -2.33. The van der Waals surface area contributed by atoms with Crippen LogP contribution in [0.3, 0.4) is 0 Å². The van der Waals surface area contributed by atoms with E-state index in [4.69, 9.17) is 47.9 Å². The SMILES string of the molecule is Cc1nccn1CCCCCCCC(=O)Oc1cccc(OC(=O)C(C)(C)CO)c1-c1c2nc(c(-c3c(OC(=O)C(C)(C)CO)cccc3OC(=O)C(C)(C)CO)c3ccc([nH]3)c(-c3c(OC(=O)C(C)(C)CO)cccc3OC(=O)C(C)(C)CO)c3nc(c(-c4c(OC(=O)C(C)(C)CO)cccc4OC(=O)C(C)(C)CO)c4ccc1[nH]4)C=C3)C=C2. The van der Waals surface area contributed by atoms with Crippen LogP contribution in [0.15, 0.2) is 109 Å². The van der Waals surface area contributed by atoms with Crippen molar-refractivity contribution in [3.05, 3.63) is 138 Å². The number of aromatic nitrogens is 6. The normalized spacial score (nSPS) is 12.6. The molecule has 4 aromatic carbocycles. The fourth-order valence-electron chi connectivity index (χ4n) is 12.0. The molecule has 4 aromatic heterocycles. The monoisotopic (exact) mass is 1650 g/mol. The zero-order chi connectivity index (χ0) is 87.8. The number of imidazole rings is 1. The number of nitrogens with zero attached hydrogens (tertiary/aromatic N) is 4. The van der Waals surface area contributed by atoms with Gasteiger partial charge >= 0.3 is 47.8 Å². The molecular formula is C91H104N6O23. The van der Waals surface area contributed by atoms with Crippen LogP contribution < -0.4 is 37.9 Å². The molecule has 0 atom stereocenters. The van der Waals surface area contributed by atoms with Gasteiger partial charge < -0.3 is 88.2 Å². The lowest BCUT2D eigenvalue weighted by molar-refractivity contribution is -0.147. The Morgan fingerprint density at radius 2 is 0.542 bits per heavy atom. The van der Waals surface area contributed by atoms with Gasteiger partial charge in [-0.2, -0.15) is 0 Å². The molecule has 0 unspecified atom stereocenters. The minimum absolute atomic E-state index is 0.00173. The molecule has 0 saturated heterocycles. The maximum absolute atomic E-state index is 14.7. The van der Waals surface area contributed by atoms with E-state index in [0.29, 0.717) is 12.8 Å². The van der Waals surface area contributed by atoms with Crippen molar-refractivity contribution in [1.82, 2.24) is 29.5 Å². The van der Waals surface area contributed by atoms with E-state index in [2.05, 4.69) is 19.5 Å². The number of esters is 8. The van der Waals surface area contributed by atoms with E-state index in [1.165, 1.54) is 188 Å². The zero-order valence-corrected chi connectivity index (χ0v) is 70.1. The summed E-state index contributed by atoms with van der Waals surface area (Å²) in [5, 5.41) is 74.8. The summed E-state index contributed by atoms with van der Waals surface area (Å²) in [5.74, 6) is -8.64. The highest BCUT2D eigenvalue weighted by Crippen LogP contribution is 2.52. The predicted molar refractivity (Wildman–Crippen MR) is 446 cm³/mol. The van der Waals surface area contributed by atoms with Crippen molar-refractivity contribution in [2.45, 2.75) is 149 Å². The van der Waals surface area contributed by atoms with Gasteiger partial charge in [-0.3, -0.25) is 38.4 Å². The summed E-state index contributed by atoms with van der Waals surface area (Å²) in [6, 6.07) is 23.3. The number of nitrogens with one attached hydrogen (secondary N) is 2. The van der Waals surface area contributed by atoms with Crippen LogP contribution in [-0.4, -0.2) is 159 Å². The second kappa shape index (κ2) is 36.8. The Labute approximate surface area is 694 Å². The molecule has 29 nitrogen and oxygen atoms in total. The van der Waals surface area contributed by atoms with Crippen LogP contribution in [0.25, 0.3) is 90.9 Å². The van der Waals surface area contributed by atoms with Crippen LogP contribution in [0.1, 0.15) is 164 Å². The Morgan fingerprint density at radius 1 is 0.317 bits per heavy atom. The Kier molecular flexibility index (Phi) is 27.8. The number of aryl methyl sites for hydroxylation is 2. The fraction of sp³-hybridized carbons (Fsp3) is 0.396. The molecule has 8 bridgehead atoms. The first-order valence-corrected chi connectivity index (χ1v) is 39.3. The molecule has 8 aromatic rings. The van der Waals surface area contributed by atoms with Gasteiger partial charge in [0.25, 0.3) is 0 Å². The van der Waals surface area contributed by atoms with Crippen molar-refractivity contribution in [2.24, 2.45) is 37.9 Å². The van der Waals surface area contributed by atoms with E-state index < -0.39 is 132 Å². The number of ether oxygens (including phenoxy) is 8. The quantitative estimate of drug-likeness (QED) is 0.0103. The average Bonchev–Trinajstić information content (AvgIpc) is 1.58. The second-order valence-corrected chi connectivity index (χ2v) is 34.2. The Hall–Kier alpha value is -11.8. The van der Waals surface area contributed by atoms with Gasteiger partial charge in [-0.05, 0) is 214 Å². The first kappa shape index (κ1) is 90.5. The van der Waals surface area contributed by atoms with Gasteiger partial charge in [0.2, 0.25) is 0 Å². The van der Waals surface area contributed by atoms with Crippen LogP contribution in [0.5, 0.6) is 46.0 Å². The van der Waals surface area contributed by atoms with E-state index in [1.54, 1.807) is 36.5 Å². The lowest BCUT2D eigenvalue weighted by Gasteiger charge is -2.24. The molecule has 0 spiro atoms. The van der Waals surface area contributed by atoms with Crippen LogP contribution in [0.2, 0.25) is 0 Å². The largest absolute Gasteiger partial charge is 0.426 e. The third-order valence-corrected chi connectivity index (χ3v) is 20.7. The summed E-state index contributed by atoms with van der Waals surface area (Å²) >= 11 is 0. The van der Waals surface area contributed by atoms with Crippen molar-refractivity contribution < 1.29 is 112 Å². The van der Waals surface area contributed by atoms with Crippen molar-refractivity contribution in [2.75, 3.05) is 46.2 Å². The number of aromatic amines is 2. The number of carbonyl (C=O) groups is 8. The predicted octanol–water partition coefficient (Wildman–Crippen LogP) is 13.2. The molecule has 0 aliphatic carbocycles. The zero-order valence-electron chi connectivity index (χ0n) is 70.1. The number of carbonyl (C=O) groups excluding carboxylic acids is 8. The van der Waals surface area contributed by atoms with Crippen LogP contribution >= 0.6 is 0 Å². The summed E-state index contributed by atoms with van der Waals surface area (Å²) in [5.41, 5.74) is -11.8. The first-order chi connectivity index (χ1) is 56.6. The number of hydrogen-bond donors (Lipinski definition) is 9. The van der Waals surface area contributed by atoms with Crippen molar-refractivity contribution in [3.8, 4) is 90.5 Å². The standard InChI is InChI=1S/C91H104N6O23/c1-52-92-42-44-97(52)43-20-18-16-17-19-33-69(105)113-61-25-21-26-62(114-78(106)85(2,3)45-98)74(61)70-53-34-36-55(93-53)71(75-63(115-79(107)86(4,5)46-99)27-22-28-64(75)116-80(108)87(6,7)47-100)57-38-40-59(95-57)73(77-67(119-83(111)90(12,13)50-103)31-24-32-68(77)120-84(112)91(14,15)51-104)60-41-39-58(96-60)72(56-37-35-54(70)94-56)76-65(117-81(109)88(8,9)48-101)29-23-30-66(76)118-82(110)89(10,11)49-102/h21-32,34-42,44,93,96,98-104H,16-20,33,43,45-51H2,1-15H3. The highest BCUT2D eigenvalue weighted by atomic mass is 16.6. The smallest absolute Gasteiger partial charge is 0.319 e. The third kappa shape index (κ3) is 19.9. The van der Waals surface area contributed by atoms with Gasteiger partial charge in [-0.1, -0.05) is 43.5 Å². The molecule has 29 heteroatoms. The van der Waals surface area contributed by atoms with Gasteiger partial charge in [0, 0.05) is 69.7 Å². The van der Waals surface area contributed by atoms with E-state index in [1.807, 2.05) is 13.1 Å². The number of aliphatic hydroxyl groups is 7. The van der Waals surface area contributed by atoms with Gasteiger partial charge in [-0.25, -0.2) is 15.0 Å². The minimum atomic E-state index is -1.59. The highest BCUT2D eigenvalue weighted by Gasteiger charge is 2.40. The van der Waals surface area contributed by atoms with Crippen LogP contribution in [-0.2, 0) is 44.9 Å². The van der Waals surface area contributed by atoms with Crippen LogP contribution in [0, 0.1) is 44.8 Å². The first-order valence-electron chi connectivity index (χ1n) is 39.3. The topological polar surface area (TPSA) is 427 Å². The molecule has 120 heavy (non-hydrogen) atoms. The van der Waals surface area contributed by atoms with E-state index in [-0.39, 0.29) is 142 Å². The number of fused-ring (bicyclic) bond motifs is 8. The molecule has 2 aliphatic heterocycles. The molecule has 0 radical (unpaired) electrons. The Balaban J connectivity index is 1.45. The summed E-state index contributed by atoms with van der Waals surface area (Å²) in [6.45, 7) is 17.9. The van der Waals surface area contributed by atoms with Crippen molar-refractivity contribution >= 4 is 94.1 Å². The number of aliphatic hydroxyl groups excluding tert-OH is 7. The molecule has 2 aliphatic rings. The minimum Gasteiger partial charge on any atom is -0.426 e. The van der Waals surface area contributed by atoms with Gasteiger partial charge in [0.05, 0.1) is 129 Å². The molecule has 0 saturated carbocycles. The molecule has 0 fully saturated rings. The number of rotatable bonds is 34. The Bertz CT molecular complexity index is 5260. The second-order valence-electron chi connectivity index (χ2n) is 34.2. The summed E-state index contributed by atoms with van der Waals surface area (Å²) in [6.07, 6.45) is 13.3. The van der Waals surface area contributed by atoms with Crippen molar-refractivity contribution in [3.63, 3.8) is 0 Å². The summed E-state index contributed by atoms with van der Waals surface area (Å²) in [7, 11) is 0. The Morgan fingerprint density at radius 3 is 0.767 bits per heavy atom. The number of H-pyrrole nitrogens is 2. The number of hydrogen-bond acceptors (Lipinski definition) is 26. The van der Waals surface area contributed by atoms with E-state index in [9.17, 15) is 74.1 Å².